The lowest BCUT2D eigenvalue weighted by atomic mass is 10.3. The van der Waals surface area contributed by atoms with E-state index >= 15 is 0 Å². The molecule has 0 aliphatic heterocycles. The van der Waals surface area contributed by atoms with Crippen molar-refractivity contribution in [2.24, 2.45) is 0 Å². The molecule has 0 saturated carbocycles. The summed E-state index contributed by atoms with van der Waals surface area (Å²) in [5.74, 6) is -0.292. The fourth-order valence-corrected chi connectivity index (χ4v) is 1.99. The van der Waals surface area contributed by atoms with Gasteiger partial charge in [0, 0.05) is 5.57 Å². The van der Waals surface area contributed by atoms with Gasteiger partial charge in [-0.1, -0.05) is 6.58 Å². The van der Waals surface area contributed by atoms with E-state index < -0.39 is 17.0 Å². The molecule has 0 aromatic heterocycles. The molecule has 1 unspecified atom stereocenters. The summed E-state index contributed by atoms with van der Waals surface area (Å²) in [5.41, 5.74) is 0.227. The molecule has 7 heteroatoms. The van der Waals surface area contributed by atoms with Gasteiger partial charge < -0.3 is 18.8 Å². The Hall–Kier alpha value is -1.86. The molecule has 21 heavy (non-hydrogen) atoms. The van der Waals surface area contributed by atoms with Crippen molar-refractivity contribution in [3.8, 4) is 17.2 Å². The zero-order valence-corrected chi connectivity index (χ0v) is 13.0. The quantitative estimate of drug-likeness (QED) is 0.360. The summed E-state index contributed by atoms with van der Waals surface area (Å²) in [4.78, 5) is 11.7. The van der Waals surface area contributed by atoms with Crippen LogP contribution < -0.4 is 14.2 Å². The molecule has 1 aromatic rings. The van der Waals surface area contributed by atoms with Crippen LogP contribution in [-0.2, 0) is 15.9 Å². The first-order valence-electron chi connectivity index (χ1n) is 6.33. The maximum atomic E-state index is 11.6. The maximum absolute atomic E-state index is 11.6. The molecular formula is C14H18O6S. The van der Waals surface area contributed by atoms with Crippen LogP contribution in [0.4, 0.5) is 0 Å². The number of esters is 1. The van der Waals surface area contributed by atoms with Crippen LogP contribution in [0.1, 0.15) is 20.8 Å². The Morgan fingerprint density at radius 2 is 1.81 bits per heavy atom. The second-order valence-corrected chi connectivity index (χ2v) is 4.94. The van der Waals surface area contributed by atoms with Gasteiger partial charge in [-0.15, -0.1) is 0 Å². The molecule has 1 aromatic carbocycles. The Morgan fingerprint density at radius 1 is 1.24 bits per heavy atom. The molecule has 0 aliphatic carbocycles. The van der Waals surface area contributed by atoms with Crippen LogP contribution in [0.2, 0.25) is 0 Å². The van der Waals surface area contributed by atoms with E-state index in [0.717, 1.165) is 0 Å². The predicted octanol–water partition coefficient (Wildman–Crippen LogP) is 2.55. The molecule has 1 atom stereocenters. The Balaban J connectivity index is 3.37. The molecule has 0 radical (unpaired) electrons. The average molecular weight is 314 g/mol. The van der Waals surface area contributed by atoms with Gasteiger partial charge in [-0.25, -0.2) is 9.00 Å². The standard InChI is InChI=1S/C14H18O6S/c1-5-18-12-10(20-14(15)9(3)4)7-8-11(21(16)17)13(12)19-6-2/h7-8H,3,5-6H2,1-2,4H3,(H,16,17). The summed E-state index contributed by atoms with van der Waals surface area (Å²) in [6.45, 7) is 9.02. The van der Waals surface area contributed by atoms with Gasteiger partial charge in [0.05, 0.1) is 13.2 Å². The summed E-state index contributed by atoms with van der Waals surface area (Å²) < 4.78 is 36.6. The minimum Gasteiger partial charge on any atom is -0.489 e. The van der Waals surface area contributed by atoms with Gasteiger partial charge in [-0.2, -0.15) is 0 Å². The van der Waals surface area contributed by atoms with Gasteiger partial charge in [0.2, 0.25) is 5.75 Å². The molecule has 0 heterocycles. The number of hydrogen-bond acceptors (Lipinski definition) is 5. The van der Waals surface area contributed by atoms with Crippen molar-refractivity contribution in [1.82, 2.24) is 0 Å². The summed E-state index contributed by atoms with van der Waals surface area (Å²) >= 11 is -2.25. The monoisotopic (exact) mass is 314 g/mol. The molecule has 0 saturated heterocycles. The number of carbonyl (C=O) groups excluding carboxylic acids is 1. The van der Waals surface area contributed by atoms with E-state index in [4.69, 9.17) is 14.2 Å². The lowest BCUT2D eigenvalue weighted by molar-refractivity contribution is -0.130. The van der Waals surface area contributed by atoms with Gasteiger partial charge in [-0.3, -0.25) is 0 Å². The highest BCUT2D eigenvalue weighted by atomic mass is 32.2. The van der Waals surface area contributed by atoms with Crippen molar-refractivity contribution in [3.05, 3.63) is 24.3 Å². The smallest absolute Gasteiger partial charge is 0.338 e. The fraction of sp³-hybridized carbons (Fsp3) is 0.357. The van der Waals surface area contributed by atoms with Crippen molar-refractivity contribution >= 4 is 17.0 Å². The molecule has 1 rings (SSSR count). The van der Waals surface area contributed by atoms with Gasteiger partial charge in [0.1, 0.15) is 4.90 Å². The Bertz CT molecular complexity index is 567. The molecule has 0 bridgehead atoms. The highest BCUT2D eigenvalue weighted by Crippen LogP contribution is 2.41. The lowest BCUT2D eigenvalue weighted by Gasteiger charge is -2.16. The van der Waals surface area contributed by atoms with Crippen LogP contribution in [0.15, 0.2) is 29.2 Å². The fourth-order valence-electron chi connectivity index (χ4n) is 1.49. The first kappa shape index (κ1) is 17.2. The number of carbonyl (C=O) groups is 1. The van der Waals surface area contributed by atoms with Crippen molar-refractivity contribution < 1.29 is 27.8 Å². The molecule has 0 aliphatic rings. The second kappa shape index (κ2) is 7.80. The van der Waals surface area contributed by atoms with E-state index in [0.29, 0.717) is 0 Å². The summed E-state index contributed by atoms with van der Waals surface area (Å²) in [6.07, 6.45) is 0. The first-order valence-corrected chi connectivity index (χ1v) is 7.44. The van der Waals surface area contributed by atoms with Gasteiger partial charge in [0.15, 0.2) is 22.6 Å². The van der Waals surface area contributed by atoms with Crippen molar-refractivity contribution in [2.75, 3.05) is 13.2 Å². The lowest BCUT2D eigenvalue weighted by Crippen LogP contribution is -2.11. The maximum Gasteiger partial charge on any atom is 0.338 e. The number of rotatable bonds is 7. The van der Waals surface area contributed by atoms with Crippen molar-refractivity contribution in [3.63, 3.8) is 0 Å². The summed E-state index contributed by atoms with van der Waals surface area (Å²) in [6, 6.07) is 2.74. The molecule has 116 valence electrons. The molecule has 0 spiro atoms. The zero-order valence-electron chi connectivity index (χ0n) is 12.2. The van der Waals surface area contributed by atoms with Crippen LogP contribution >= 0.6 is 0 Å². The van der Waals surface area contributed by atoms with Crippen LogP contribution in [0.3, 0.4) is 0 Å². The normalized spacial score (nSPS) is 11.6. The average Bonchev–Trinajstić information content (AvgIpc) is 2.42. The Kier molecular flexibility index (Phi) is 6.39. The van der Waals surface area contributed by atoms with Crippen LogP contribution in [0.25, 0.3) is 0 Å². The Morgan fingerprint density at radius 3 is 2.29 bits per heavy atom. The van der Waals surface area contributed by atoms with Crippen molar-refractivity contribution in [1.29, 1.82) is 0 Å². The predicted molar refractivity (Wildman–Crippen MR) is 78.3 cm³/mol. The highest BCUT2D eigenvalue weighted by Gasteiger charge is 2.22. The van der Waals surface area contributed by atoms with E-state index in [2.05, 4.69) is 6.58 Å². The van der Waals surface area contributed by atoms with Gasteiger partial charge in [-0.05, 0) is 32.9 Å². The first-order chi connectivity index (χ1) is 9.92. The summed E-state index contributed by atoms with van der Waals surface area (Å²) in [5, 5.41) is 0. The second-order valence-electron chi connectivity index (χ2n) is 4.01. The highest BCUT2D eigenvalue weighted by molar-refractivity contribution is 7.79. The topological polar surface area (TPSA) is 82.1 Å². The largest absolute Gasteiger partial charge is 0.489 e. The zero-order chi connectivity index (χ0) is 16.0. The molecule has 0 amide bonds. The van der Waals surface area contributed by atoms with Crippen LogP contribution in [0, 0.1) is 0 Å². The van der Waals surface area contributed by atoms with E-state index in [-0.39, 0.29) is 40.9 Å². The van der Waals surface area contributed by atoms with Gasteiger partial charge in [0.25, 0.3) is 0 Å². The van der Waals surface area contributed by atoms with Gasteiger partial charge >= 0.3 is 5.97 Å². The van der Waals surface area contributed by atoms with E-state index in [1.165, 1.54) is 19.1 Å². The van der Waals surface area contributed by atoms with E-state index in [1.807, 2.05) is 0 Å². The molecular weight excluding hydrogens is 296 g/mol. The van der Waals surface area contributed by atoms with Crippen LogP contribution in [-0.4, -0.2) is 27.9 Å². The summed E-state index contributed by atoms with van der Waals surface area (Å²) in [7, 11) is 0. The van der Waals surface area contributed by atoms with E-state index in [1.54, 1.807) is 13.8 Å². The molecule has 0 fully saturated rings. The number of ether oxygens (including phenoxy) is 3. The Labute approximate surface area is 126 Å². The molecule has 6 nitrogen and oxygen atoms in total. The van der Waals surface area contributed by atoms with Crippen molar-refractivity contribution in [2.45, 2.75) is 25.7 Å². The third kappa shape index (κ3) is 4.30. The molecule has 1 N–H and O–H groups in total. The minimum absolute atomic E-state index is 0.0513. The van der Waals surface area contributed by atoms with Crippen LogP contribution in [0.5, 0.6) is 17.2 Å². The number of hydrogen-bond donors (Lipinski definition) is 1. The number of benzene rings is 1. The third-order valence-electron chi connectivity index (χ3n) is 2.36. The SMILES string of the molecule is C=C(C)C(=O)Oc1ccc(S(=O)O)c(OCC)c1OCC. The minimum atomic E-state index is -2.25. The third-order valence-corrected chi connectivity index (χ3v) is 3.05. The van der Waals surface area contributed by atoms with E-state index in [9.17, 15) is 13.6 Å².